The van der Waals surface area contributed by atoms with Gasteiger partial charge in [-0.25, -0.2) is 4.39 Å². The number of rotatable bonds is 2. The molecule has 0 amide bonds. The topological polar surface area (TPSA) is 29.3 Å². The Kier molecular flexibility index (Phi) is 3.06. The van der Waals surface area contributed by atoms with Gasteiger partial charge in [-0.05, 0) is 47.2 Å². The van der Waals surface area contributed by atoms with Gasteiger partial charge in [0.1, 0.15) is 5.82 Å². The van der Waals surface area contributed by atoms with Gasteiger partial charge in [-0.1, -0.05) is 0 Å². The van der Waals surface area contributed by atoms with Crippen LogP contribution in [0.3, 0.4) is 0 Å². The molecular formula is C14H15FN2S. The normalized spacial score (nSPS) is 15.6. The van der Waals surface area contributed by atoms with Crippen LogP contribution in [0.2, 0.25) is 0 Å². The quantitative estimate of drug-likeness (QED) is 0.843. The molecule has 4 heteroatoms. The van der Waals surface area contributed by atoms with Crippen LogP contribution in [0.25, 0.3) is 0 Å². The molecule has 0 spiro atoms. The van der Waals surface area contributed by atoms with Gasteiger partial charge in [-0.2, -0.15) is 0 Å². The minimum atomic E-state index is -0.215. The molecule has 0 saturated heterocycles. The smallest absolute Gasteiger partial charge is 0.123 e. The van der Waals surface area contributed by atoms with Gasteiger partial charge < -0.3 is 5.73 Å². The SMILES string of the molecule is Nc1ccc(F)cc1CN1CCc2sccc2C1. The van der Waals surface area contributed by atoms with Crippen molar-refractivity contribution in [1.29, 1.82) is 0 Å². The lowest BCUT2D eigenvalue weighted by Gasteiger charge is -2.27. The number of hydrogen-bond donors (Lipinski definition) is 1. The highest BCUT2D eigenvalue weighted by Gasteiger charge is 2.17. The van der Waals surface area contributed by atoms with Gasteiger partial charge in [-0.3, -0.25) is 4.90 Å². The lowest BCUT2D eigenvalue weighted by Crippen LogP contribution is -2.29. The molecule has 2 N–H and O–H groups in total. The number of anilines is 1. The minimum absolute atomic E-state index is 0.215. The summed E-state index contributed by atoms with van der Waals surface area (Å²) in [6.07, 6.45) is 1.09. The van der Waals surface area contributed by atoms with Crippen molar-refractivity contribution >= 4 is 17.0 Å². The van der Waals surface area contributed by atoms with Crippen molar-refractivity contribution in [2.24, 2.45) is 0 Å². The first-order valence-electron chi connectivity index (χ1n) is 6.04. The lowest BCUT2D eigenvalue weighted by molar-refractivity contribution is 0.247. The van der Waals surface area contributed by atoms with E-state index in [-0.39, 0.29) is 5.82 Å². The van der Waals surface area contributed by atoms with Crippen molar-refractivity contribution in [3.05, 3.63) is 51.5 Å². The second kappa shape index (κ2) is 4.71. The predicted octanol–water partition coefficient (Wildman–Crippen LogP) is 3.03. The van der Waals surface area contributed by atoms with Crippen LogP contribution in [0, 0.1) is 5.82 Å². The molecule has 0 atom stereocenters. The van der Waals surface area contributed by atoms with E-state index in [9.17, 15) is 4.39 Å². The van der Waals surface area contributed by atoms with E-state index in [0.29, 0.717) is 5.69 Å². The third-order valence-corrected chi connectivity index (χ3v) is 4.41. The van der Waals surface area contributed by atoms with Gasteiger partial charge >= 0.3 is 0 Å². The highest BCUT2D eigenvalue weighted by molar-refractivity contribution is 7.10. The molecule has 1 aliphatic rings. The van der Waals surface area contributed by atoms with Gasteiger partial charge in [0.25, 0.3) is 0 Å². The monoisotopic (exact) mass is 262 g/mol. The Balaban J connectivity index is 1.76. The van der Waals surface area contributed by atoms with Crippen molar-refractivity contribution in [3.63, 3.8) is 0 Å². The summed E-state index contributed by atoms with van der Waals surface area (Å²) in [5, 5.41) is 2.14. The van der Waals surface area contributed by atoms with Crippen LogP contribution in [0.1, 0.15) is 16.0 Å². The summed E-state index contributed by atoms with van der Waals surface area (Å²) in [6.45, 7) is 2.68. The first-order chi connectivity index (χ1) is 8.72. The Morgan fingerprint density at radius 3 is 3.11 bits per heavy atom. The molecule has 0 unspecified atom stereocenters. The van der Waals surface area contributed by atoms with Crippen LogP contribution in [-0.4, -0.2) is 11.4 Å². The number of nitrogens with two attached hydrogens (primary N) is 1. The molecule has 1 aliphatic heterocycles. The van der Waals surface area contributed by atoms with Gasteiger partial charge in [0.05, 0.1) is 0 Å². The Morgan fingerprint density at radius 1 is 1.33 bits per heavy atom. The Bertz CT molecular complexity index is 565. The van der Waals surface area contributed by atoms with Gasteiger partial charge in [0.15, 0.2) is 0 Å². The van der Waals surface area contributed by atoms with E-state index in [1.54, 1.807) is 12.1 Å². The summed E-state index contributed by atoms with van der Waals surface area (Å²) >= 11 is 1.83. The van der Waals surface area contributed by atoms with Gasteiger partial charge in [0.2, 0.25) is 0 Å². The molecule has 0 saturated carbocycles. The Hall–Kier alpha value is -1.39. The standard InChI is InChI=1S/C14H15FN2S/c15-12-1-2-13(16)11(7-12)9-17-5-3-14-10(8-17)4-6-18-14/h1-2,4,6-7H,3,5,8-9,16H2. The zero-order valence-electron chi connectivity index (χ0n) is 10.0. The van der Waals surface area contributed by atoms with Gasteiger partial charge in [0, 0.05) is 30.2 Å². The third kappa shape index (κ3) is 2.26. The van der Waals surface area contributed by atoms with E-state index in [1.165, 1.54) is 16.5 Å². The molecule has 18 heavy (non-hydrogen) atoms. The molecule has 1 aromatic heterocycles. The second-order valence-electron chi connectivity index (χ2n) is 4.67. The zero-order chi connectivity index (χ0) is 12.5. The van der Waals surface area contributed by atoms with Crippen LogP contribution < -0.4 is 5.73 Å². The summed E-state index contributed by atoms with van der Waals surface area (Å²) in [5.41, 5.74) is 8.85. The summed E-state index contributed by atoms with van der Waals surface area (Å²) in [7, 11) is 0. The first-order valence-corrected chi connectivity index (χ1v) is 6.92. The van der Waals surface area contributed by atoms with E-state index in [1.807, 2.05) is 11.3 Å². The molecule has 0 bridgehead atoms. The van der Waals surface area contributed by atoms with Crippen molar-refractivity contribution in [1.82, 2.24) is 4.90 Å². The number of benzene rings is 1. The van der Waals surface area contributed by atoms with Crippen LogP contribution in [-0.2, 0) is 19.5 Å². The van der Waals surface area contributed by atoms with E-state index in [0.717, 1.165) is 31.6 Å². The fourth-order valence-corrected chi connectivity index (χ4v) is 3.28. The van der Waals surface area contributed by atoms with E-state index >= 15 is 0 Å². The number of nitrogens with zero attached hydrogens (tertiary/aromatic N) is 1. The Labute approximate surface area is 110 Å². The molecule has 0 radical (unpaired) electrons. The molecular weight excluding hydrogens is 247 g/mol. The molecule has 0 aliphatic carbocycles. The van der Waals surface area contributed by atoms with Crippen molar-refractivity contribution in [2.75, 3.05) is 12.3 Å². The van der Waals surface area contributed by atoms with E-state index in [4.69, 9.17) is 5.73 Å². The van der Waals surface area contributed by atoms with Crippen molar-refractivity contribution in [2.45, 2.75) is 19.5 Å². The maximum atomic E-state index is 13.2. The summed E-state index contributed by atoms with van der Waals surface area (Å²) < 4.78 is 13.2. The van der Waals surface area contributed by atoms with Crippen LogP contribution in [0.5, 0.6) is 0 Å². The Morgan fingerprint density at radius 2 is 2.22 bits per heavy atom. The minimum Gasteiger partial charge on any atom is -0.398 e. The molecule has 3 rings (SSSR count). The summed E-state index contributed by atoms with van der Waals surface area (Å²) in [4.78, 5) is 3.80. The number of halogens is 1. The first kappa shape index (κ1) is 11.7. The van der Waals surface area contributed by atoms with Gasteiger partial charge in [-0.15, -0.1) is 11.3 Å². The average molecular weight is 262 g/mol. The lowest BCUT2D eigenvalue weighted by atomic mass is 10.1. The summed E-state index contributed by atoms with van der Waals surface area (Å²) in [6, 6.07) is 6.77. The zero-order valence-corrected chi connectivity index (χ0v) is 10.8. The van der Waals surface area contributed by atoms with Crippen LogP contribution >= 0.6 is 11.3 Å². The molecule has 2 heterocycles. The average Bonchev–Trinajstić information content (AvgIpc) is 2.81. The molecule has 0 fully saturated rings. The second-order valence-corrected chi connectivity index (χ2v) is 5.67. The summed E-state index contributed by atoms with van der Waals surface area (Å²) in [5.74, 6) is -0.215. The molecule has 1 aromatic carbocycles. The number of nitrogen functional groups attached to an aromatic ring is 1. The van der Waals surface area contributed by atoms with Crippen LogP contribution in [0.15, 0.2) is 29.6 Å². The van der Waals surface area contributed by atoms with E-state index in [2.05, 4.69) is 16.3 Å². The molecule has 2 aromatic rings. The number of fused-ring (bicyclic) bond motifs is 1. The molecule has 2 nitrogen and oxygen atoms in total. The van der Waals surface area contributed by atoms with Crippen molar-refractivity contribution in [3.8, 4) is 0 Å². The largest absolute Gasteiger partial charge is 0.398 e. The fraction of sp³-hybridized carbons (Fsp3) is 0.286. The highest BCUT2D eigenvalue weighted by Crippen LogP contribution is 2.26. The number of hydrogen-bond acceptors (Lipinski definition) is 3. The van der Waals surface area contributed by atoms with Crippen LogP contribution in [0.4, 0.5) is 10.1 Å². The molecule has 94 valence electrons. The maximum absolute atomic E-state index is 13.2. The number of thiophene rings is 1. The van der Waals surface area contributed by atoms with E-state index < -0.39 is 0 Å². The highest BCUT2D eigenvalue weighted by atomic mass is 32.1. The fourth-order valence-electron chi connectivity index (χ4n) is 2.39. The van der Waals surface area contributed by atoms with Crippen molar-refractivity contribution < 1.29 is 4.39 Å². The predicted molar refractivity (Wildman–Crippen MR) is 72.9 cm³/mol. The maximum Gasteiger partial charge on any atom is 0.123 e. The third-order valence-electron chi connectivity index (χ3n) is 3.39.